The molecule has 0 saturated heterocycles. The molecule has 1 rings (SSSR count). The predicted octanol–water partition coefficient (Wildman–Crippen LogP) is 0.976. The zero-order valence-corrected chi connectivity index (χ0v) is 10.1. The third kappa shape index (κ3) is 3.30. The standard InChI is InChI=1S/C10H11N3O4.ClH/c11-5-6-3-7(8(12)1-2-14)10(15)9(4-6)13(16)17;/h3-4,8,14-15H,1-2,12H2;1H/t8-;/m0./s1. The van der Waals surface area contributed by atoms with Gasteiger partial charge in [0.15, 0.2) is 5.75 Å². The smallest absolute Gasteiger partial charge is 0.312 e. The summed E-state index contributed by atoms with van der Waals surface area (Å²) in [7, 11) is 0. The lowest BCUT2D eigenvalue weighted by Crippen LogP contribution is -2.13. The minimum Gasteiger partial charge on any atom is -0.502 e. The van der Waals surface area contributed by atoms with Gasteiger partial charge in [-0.05, 0) is 12.5 Å². The molecular formula is C10H12ClN3O4. The van der Waals surface area contributed by atoms with Crippen molar-refractivity contribution in [3.05, 3.63) is 33.4 Å². The normalized spacial score (nSPS) is 11.2. The number of phenolic OH excluding ortho intramolecular Hbond substituents is 1. The summed E-state index contributed by atoms with van der Waals surface area (Å²) in [6.45, 7) is -0.217. The number of nitrogens with two attached hydrogens (primary N) is 1. The first-order chi connectivity index (χ1) is 8.01. The number of phenols is 1. The van der Waals surface area contributed by atoms with Gasteiger partial charge in [-0.25, -0.2) is 0 Å². The summed E-state index contributed by atoms with van der Waals surface area (Å²) >= 11 is 0. The second-order valence-electron chi connectivity index (χ2n) is 3.42. The quantitative estimate of drug-likeness (QED) is 0.553. The molecule has 0 bridgehead atoms. The van der Waals surface area contributed by atoms with Crippen molar-refractivity contribution >= 4 is 18.1 Å². The summed E-state index contributed by atoms with van der Waals surface area (Å²) in [6, 6.07) is 3.25. The van der Waals surface area contributed by atoms with Gasteiger partial charge in [0, 0.05) is 24.3 Å². The fourth-order valence-corrected chi connectivity index (χ4v) is 1.42. The first kappa shape index (κ1) is 16.1. The van der Waals surface area contributed by atoms with E-state index in [2.05, 4.69) is 0 Å². The van der Waals surface area contributed by atoms with Crippen molar-refractivity contribution in [2.24, 2.45) is 5.73 Å². The van der Waals surface area contributed by atoms with E-state index in [1.807, 2.05) is 0 Å². The molecule has 0 aromatic heterocycles. The summed E-state index contributed by atoms with van der Waals surface area (Å²) < 4.78 is 0. The SMILES string of the molecule is Cl.N#Cc1cc([C@@H](N)CCO)c(O)c([N+](=O)[O-])c1. The number of rotatable bonds is 4. The topological polar surface area (TPSA) is 133 Å². The Morgan fingerprint density at radius 2 is 2.17 bits per heavy atom. The second kappa shape index (κ2) is 6.76. The van der Waals surface area contributed by atoms with Crippen LogP contribution in [-0.2, 0) is 0 Å². The molecule has 0 radical (unpaired) electrons. The summed E-state index contributed by atoms with van der Waals surface area (Å²) in [4.78, 5) is 9.88. The molecule has 8 heteroatoms. The van der Waals surface area contributed by atoms with E-state index in [-0.39, 0.29) is 36.6 Å². The van der Waals surface area contributed by atoms with Crippen molar-refractivity contribution in [3.63, 3.8) is 0 Å². The molecule has 1 aromatic carbocycles. The molecule has 1 atom stereocenters. The molecule has 7 nitrogen and oxygen atoms in total. The van der Waals surface area contributed by atoms with Gasteiger partial charge >= 0.3 is 5.69 Å². The van der Waals surface area contributed by atoms with Gasteiger partial charge in [-0.15, -0.1) is 12.4 Å². The fourth-order valence-electron chi connectivity index (χ4n) is 1.42. The molecule has 0 amide bonds. The summed E-state index contributed by atoms with van der Waals surface area (Å²) in [6.07, 6.45) is 0.138. The number of aromatic hydroxyl groups is 1. The molecule has 0 heterocycles. The van der Waals surface area contributed by atoms with E-state index in [0.29, 0.717) is 0 Å². The van der Waals surface area contributed by atoms with Gasteiger partial charge < -0.3 is 15.9 Å². The third-order valence-corrected chi connectivity index (χ3v) is 2.28. The zero-order chi connectivity index (χ0) is 13.0. The Labute approximate surface area is 109 Å². The van der Waals surface area contributed by atoms with E-state index in [4.69, 9.17) is 16.1 Å². The van der Waals surface area contributed by atoms with Crippen LogP contribution in [-0.4, -0.2) is 21.7 Å². The van der Waals surface area contributed by atoms with Gasteiger partial charge in [0.2, 0.25) is 0 Å². The molecule has 0 aliphatic heterocycles. The molecule has 98 valence electrons. The summed E-state index contributed by atoms with van der Waals surface area (Å²) in [5.74, 6) is -0.560. The molecule has 0 fully saturated rings. The van der Waals surface area contributed by atoms with Crippen LogP contribution in [0.3, 0.4) is 0 Å². The predicted molar refractivity (Wildman–Crippen MR) is 65.4 cm³/mol. The number of aliphatic hydroxyl groups is 1. The van der Waals surface area contributed by atoms with Crippen LogP contribution in [0.25, 0.3) is 0 Å². The van der Waals surface area contributed by atoms with E-state index >= 15 is 0 Å². The van der Waals surface area contributed by atoms with Crippen LogP contribution in [0.15, 0.2) is 12.1 Å². The highest BCUT2D eigenvalue weighted by atomic mass is 35.5. The van der Waals surface area contributed by atoms with Crippen LogP contribution >= 0.6 is 12.4 Å². The Morgan fingerprint density at radius 1 is 1.56 bits per heavy atom. The van der Waals surface area contributed by atoms with Gasteiger partial charge in [-0.1, -0.05) is 0 Å². The minimum absolute atomic E-state index is 0. The van der Waals surface area contributed by atoms with Crippen LogP contribution in [0.1, 0.15) is 23.6 Å². The lowest BCUT2D eigenvalue weighted by molar-refractivity contribution is -0.386. The van der Waals surface area contributed by atoms with E-state index in [0.717, 1.165) is 6.07 Å². The van der Waals surface area contributed by atoms with Crippen molar-refractivity contribution in [2.75, 3.05) is 6.61 Å². The van der Waals surface area contributed by atoms with Crippen LogP contribution in [0.5, 0.6) is 5.75 Å². The number of nitrogens with zero attached hydrogens (tertiary/aromatic N) is 2. The van der Waals surface area contributed by atoms with Crippen LogP contribution in [0, 0.1) is 21.4 Å². The van der Waals surface area contributed by atoms with E-state index in [9.17, 15) is 15.2 Å². The van der Waals surface area contributed by atoms with E-state index in [1.54, 1.807) is 6.07 Å². The highest BCUT2D eigenvalue weighted by molar-refractivity contribution is 5.85. The van der Waals surface area contributed by atoms with Crippen molar-refractivity contribution in [1.29, 1.82) is 5.26 Å². The average Bonchev–Trinajstić information content (AvgIpc) is 2.29. The monoisotopic (exact) mass is 273 g/mol. The lowest BCUT2D eigenvalue weighted by atomic mass is 10.0. The average molecular weight is 274 g/mol. The Morgan fingerprint density at radius 3 is 2.61 bits per heavy atom. The Kier molecular flexibility index (Phi) is 6.05. The van der Waals surface area contributed by atoms with Gasteiger partial charge in [-0.3, -0.25) is 10.1 Å². The maximum absolute atomic E-state index is 10.7. The van der Waals surface area contributed by atoms with E-state index < -0.39 is 22.4 Å². The number of aliphatic hydroxyl groups excluding tert-OH is 1. The third-order valence-electron chi connectivity index (χ3n) is 2.28. The highest BCUT2D eigenvalue weighted by Gasteiger charge is 2.22. The molecule has 4 N–H and O–H groups in total. The van der Waals surface area contributed by atoms with E-state index in [1.165, 1.54) is 6.07 Å². The van der Waals surface area contributed by atoms with Gasteiger partial charge in [0.25, 0.3) is 0 Å². The summed E-state index contributed by atoms with van der Waals surface area (Å²) in [5, 5.41) is 37.8. The van der Waals surface area contributed by atoms with Crippen molar-refractivity contribution in [3.8, 4) is 11.8 Å². The highest BCUT2D eigenvalue weighted by Crippen LogP contribution is 2.34. The molecule has 0 aliphatic carbocycles. The second-order valence-corrected chi connectivity index (χ2v) is 3.42. The number of nitro groups is 1. The number of nitro benzene ring substituents is 1. The van der Waals surface area contributed by atoms with Crippen molar-refractivity contribution in [1.82, 2.24) is 0 Å². The van der Waals surface area contributed by atoms with Crippen molar-refractivity contribution < 1.29 is 15.1 Å². The summed E-state index contributed by atoms with van der Waals surface area (Å²) in [5.41, 5.74) is 5.21. The van der Waals surface area contributed by atoms with Gasteiger partial charge in [0.1, 0.15) is 0 Å². The minimum atomic E-state index is -0.786. The maximum atomic E-state index is 10.7. The number of hydrogen-bond acceptors (Lipinski definition) is 6. The molecule has 1 aromatic rings. The Bertz CT molecular complexity index is 487. The lowest BCUT2D eigenvalue weighted by Gasteiger charge is -2.12. The Balaban J connectivity index is 0.00000289. The van der Waals surface area contributed by atoms with Gasteiger partial charge in [-0.2, -0.15) is 5.26 Å². The number of benzene rings is 1. The maximum Gasteiger partial charge on any atom is 0.312 e. The molecular weight excluding hydrogens is 262 g/mol. The number of halogens is 1. The first-order valence-corrected chi connectivity index (χ1v) is 4.79. The number of hydrogen-bond donors (Lipinski definition) is 3. The molecule has 0 unspecified atom stereocenters. The van der Waals surface area contributed by atoms with Crippen molar-refractivity contribution in [2.45, 2.75) is 12.5 Å². The largest absolute Gasteiger partial charge is 0.502 e. The molecule has 0 saturated carbocycles. The fraction of sp³-hybridized carbons (Fsp3) is 0.300. The van der Waals surface area contributed by atoms with Crippen LogP contribution in [0.2, 0.25) is 0 Å². The molecule has 18 heavy (non-hydrogen) atoms. The van der Waals surface area contributed by atoms with Gasteiger partial charge in [0.05, 0.1) is 16.6 Å². The van der Waals surface area contributed by atoms with Crippen LogP contribution in [0.4, 0.5) is 5.69 Å². The molecule has 0 spiro atoms. The zero-order valence-electron chi connectivity index (χ0n) is 9.24. The molecule has 0 aliphatic rings. The first-order valence-electron chi connectivity index (χ1n) is 4.79. The van der Waals surface area contributed by atoms with Crippen LogP contribution < -0.4 is 5.73 Å². The Hall–Kier alpha value is -1.88. The number of nitriles is 1.